The average Bonchev–Trinajstić information content (AvgIpc) is 2.32. The summed E-state index contributed by atoms with van der Waals surface area (Å²) in [5.74, 6) is 0.119. The van der Waals surface area contributed by atoms with Gasteiger partial charge in [0.1, 0.15) is 5.82 Å². The van der Waals surface area contributed by atoms with Crippen molar-refractivity contribution in [3.63, 3.8) is 0 Å². The molecule has 0 amide bonds. The van der Waals surface area contributed by atoms with E-state index in [0.29, 0.717) is 18.0 Å². The quantitative estimate of drug-likeness (QED) is 0.800. The normalized spacial score (nSPS) is 14.9. The molecule has 3 nitrogen and oxygen atoms in total. The third-order valence-corrected chi connectivity index (χ3v) is 2.94. The lowest BCUT2D eigenvalue weighted by Crippen LogP contribution is -2.47. The SMILES string of the molecule is CCC(CO)(NCC(C)C)c1ccc(F)cn1. The Hall–Kier alpha value is -1.00. The van der Waals surface area contributed by atoms with E-state index >= 15 is 0 Å². The van der Waals surface area contributed by atoms with Crippen LogP contribution < -0.4 is 5.32 Å². The number of hydrogen-bond donors (Lipinski definition) is 2. The van der Waals surface area contributed by atoms with E-state index in [-0.39, 0.29) is 12.4 Å². The molecule has 1 aromatic rings. The van der Waals surface area contributed by atoms with Crippen LogP contribution in [0.3, 0.4) is 0 Å². The van der Waals surface area contributed by atoms with Crippen molar-refractivity contribution < 1.29 is 9.50 Å². The minimum absolute atomic E-state index is 0.0468. The van der Waals surface area contributed by atoms with Crippen LogP contribution in [0.1, 0.15) is 32.9 Å². The summed E-state index contributed by atoms with van der Waals surface area (Å²) >= 11 is 0. The highest BCUT2D eigenvalue weighted by atomic mass is 19.1. The van der Waals surface area contributed by atoms with Crippen LogP contribution in [0.2, 0.25) is 0 Å². The molecule has 1 rings (SSSR count). The van der Waals surface area contributed by atoms with E-state index in [9.17, 15) is 9.50 Å². The van der Waals surface area contributed by atoms with Gasteiger partial charge in [-0.05, 0) is 31.0 Å². The zero-order valence-corrected chi connectivity index (χ0v) is 10.7. The van der Waals surface area contributed by atoms with Crippen molar-refractivity contribution in [1.29, 1.82) is 0 Å². The summed E-state index contributed by atoms with van der Waals surface area (Å²) in [5.41, 5.74) is 0.113. The van der Waals surface area contributed by atoms with Gasteiger partial charge < -0.3 is 10.4 Å². The molecule has 1 atom stereocenters. The van der Waals surface area contributed by atoms with E-state index in [0.717, 1.165) is 6.54 Å². The molecule has 4 heteroatoms. The molecular weight excluding hydrogens is 219 g/mol. The molecule has 0 aromatic carbocycles. The Balaban J connectivity index is 2.93. The zero-order chi connectivity index (χ0) is 12.9. The number of aromatic nitrogens is 1. The fourth-order valence-electron chi connectivity index (χ4n) is 1.70. The molecule has 0 saturated heterocycles. The van der Waals surface area contributed by atoms with Gasteiger partial charge in [-0.3, -0.25) is 4.98 Å². The first-order valence-corrected chi connectivity index (χ1v) is 6.02. The van der Waals surface area contributed by atoms with Gasteiger partial charge in [-0.2, -0.15) is 0 Å². The van der Waals surface area contributed by atoms with Crippen molar-refractivity contribution in [1.82, 2.24) is 10.3 Å². The second-order valence-corrected chi connectivity index (χ2v) is 4.73. The highest BCUT2D eigenvalue weighted by Crippen LogP contribution is 2.23. The second-order valence-electron chi connectivity index (χ2n) is 4.73. The largest absolute Gasteiger partial charge is 0.394 e. The lowest BCUT2D eigenvalue weighted by atomic mass is 9.91. The fraction of sp³-hybridized carbons (Fsp3) is 0.615. The van der Waals surface area contributed by atoms with Crippen LogP contribution in [0.15, 0.2) is 18.3 Å². The Morgan fingerprint density at radius 3 is 2.59 bits per heavy atom. The Kier molecular flexibility index (Phi) is 5.02. The molecule has 1 aromatic heterocycles. The van der Waals surface area contributed by atoms with Gasteiger partial charge in [-0.25, -0.2) is 4.39 Å². The molecule has 96 valence electrons. The number of nitrogens with zero attached hydrogens (tertiary/aromatic N) is 1. The van der Waals surface area contributed by atoms with Crippen LogP contribution >= 0.6 is 0 Å². The summed E-state index contributed by atoms with van der Waals surface area (Å²) < 4.78 is 12.9. The molecule has 0 spiro atoms. The minimum Gasteiger partial charge on any atom is -0.394 e. The minimum atomic E-state index is -0.571. The Morgan fingerprint density at radius 2 is 2.18 bits per heavy atom. The van der Waals surface area contributed by atoms with Crippen molar-refractivity contribution >= 4 is 0 Å². The lowest BCUT2D eigenvalue weighted by molar-refractivity contribution is 0.147. The summed E-state index contributed by atoms with van der Waals surface area (Å²) in [6.07, 6.45) is 1.89. The molecule has 1 heterocycles. The van der Waals surface area contributed by atoms with Gasteiger partial charge in [-0.1, -0.05) is 20.8 Å². The summed E-state index contributed by atoms with van der Waals surface area (Å²) in [6, 6.07) is 3.00. The molecular formula is C13H21FN2O. The van der Waals surface area contributed by atoms with Gasteiger partial charge in [0.2, 0.25) is 0 Å². The van der Waals surface area contributed by atoms with Crippen molar-refractivity contribution in [2.45, 2.75) is 32.7 Å². The number of hydrogen-bond acceptors (Lipinski definition) is 3. The van der Waals surface area contributed by atoms with E-state index in [1.165, 1.54) is 12.3 Å². The van der Waals surface area contributed by atoms with Crippen LogP contribution in [0.5, 0.6) is 0 Å². The summed E-state index contributed by atoms with van der Waals surface area (Å²) in [7, 11) is 0. The van der Waals surface area contributed by atoms with Crippen molar-refractivity contribution in [2.24, 2.45) is 5.92 Å². The molecule has 0 aliphatic heterocycles. The molecule has 17 heavy (non-hydrogen) atoms. The van der Waals surface area contributed by atoms with Gasteiger partial charge in [0, 0.05) is 0 Å². The van der Waals surface area contributed by atoms with E-state index in [1.807, 2.05) is 6.92 Å². The van der Waals surface area contributed by atoms with Crippen LogP contribution in [0.25, 0.3) is 0 Å². The van der Waals surface area contributed by atoms with Gasteiger partial charge in [0.25, 0.3) is 0 Å². The molecule has 1 unspecified atom stereocenters. The van der Waals surface area contributed by atoms with E-state index in [2.05, 4.69) is 24.1 Å². The number of aliphatic hydroxyl groups excluding tert-OH is 1. The summed E-state index contributed by atoms with van der Waals surface area (Å²) in [4.78, 5) is 4.07. The molecule has 0 aliphatic rings. The smallest absolute Gasteiger partial charge is 0.141 e. The maximum atomic E-state index is 12.9. The number of rotatable bonds is 6. The molecule has 2 N–H and O–H groups in total. The van der Waals surface area contributed by atoms with Crippen LogP contribution in [-0.2, 0) is 5.54 Å². The monoisotopic (exact) mass is 240 g/mol. The molecule has 0 radical (unpaired) electrons. The van der Waals surface area contributed by atoms with Gasteiger partial charge >= 0.3 is 0 Å². The summed E-state index contributed by atoms with van der Waals surface area (Å²) in [6.45, 7) is 6.92. The van der Waals surface area contributed by atoms with Crippen LogP contribution in [0, 0.1) is 11.7 Å². The first-order chi connectivity index (χ1) is 8.04. The Labute approximate surface area is 102 Å². The number of pyridine rings is 1. The third-order valence-electron chi connectivity index (χ3n) is 2.94. The predicted octanol–water partition coefficient (Wildman–Crippen LogP) is 2.06. The van der Waals surface area contributed by atoms with Crippen LogP contribution in [-0.4, -0.2) is 23.2 Å². The highest BCUT2D eigenvalue weighted by Gasteiger charge is 2.30. The second kappa shape index (κ2) is 6.07. The predicted molar refractivity (Wildman–Crippen MR) is 66.1 cm³/mol. The maximum Gasteiger partial charge on any atom is 0.141 e. The lowest BCUT2D eigenvalue weighted by Gasteiger charge is -2.32. The molecule has 0 fully saturated rings. The van der Waals surface area contributed by atoms with Crippen LogP contribution in [0.4, 0.5) is 4.39 Å². The first kappa shape index (κ1) is 14.1. The van der Waals surface area contributed by atoms with Gasteiger partial charge in [-0.15, -0.1) is 0 Å². The van der Waals surface area contributed by atoms with E-state index in [4.69, 9.17) is 0 Å². The maximum absolute atomic E-state index is 12.9. The van der Waals surface area contributed by atoms with E-state index < -0.39 is 5.54 Å². The first-order valence-electron chi connectivity index (χ1n) is 6.02. The number of aliphatic hydroxyl groups is 1. The topological polar surface area (TPSA) is 45.1 Å². The average molecular weight is 240 g/mol. The highest BCUT2D eigenvalue weighted by molar-refractivity contribution is 5.16. The Morgan fingerprint density at radius 1 is 1.47 bits per heavy atom. The Bertz CT molecular complexity index is 334. The molecule has 0 aliphatic carbocycles. The standard InChI is InChI=1S/C13H21FN2O/c1-4-13(9-17,16-7-10(2)3)12-6-5-11(14)8-15-12/h5-6,8,10,16-17H,4,7,9H2,1-3H3. The number of nitrogens with one attached hydrogen (secondary N) is 1. The van der Waals surface area contributed by atoms with Crippen molar-refractivity contribution in [3.05, 3.63) is 29.8 Å². The third kappa shape index (κ3) is 3.48. The summed E-state index contributed by atoms with van der Waals surface area (Å²) in [5, 5.41) is 12.9. The molecule has 0 saturated carbocycles. The van der Waals surface area contributed by atoms with E-state index in [1.54, 1.807) is 6.07 Å². The van der Waals surface area contributed by atoms with Crippen molar-refractivity contribution in [3.8, 4) is 0 Å². The zero-order valence-electron chi connectivity index (χ0n) is 10.7. The van der Waals surface area contributed by atoms with Crippen molar-refractivity contribution in [2.75, 3.05) is 13.2 Å². The fourth-order valence-corrected chi connectivity index (χ4v) is 1.70. The van der Waals surface area contributed by atoms with Gasteiger partial charge in [0.15, 0.2) is 0 Å². The number of halogens is 1. The molecule has 0 bridgehead atoms. The van der Waals surface area contributed by atoms with Gasteiger partial charge in [0.05, 0.1) is 24.0 Å².